The molecule has 238 valence electrons. The summed E-state index contributed by atoms with van der Waals surface area (Å²) in [7, 11) is 9.81. The lowest BCUT2D eigenvalue weighted by Gasteiger charge is -2.31. The van der Waals surface area contributed by atoms with E-state index in [1.165, 1.54) is 0 Å². The Morgan fingerprint density at radius 3 is 0.804 bits per heavy atom. The lowest BCUT2D eigenvalue weighted by Crippen LogP contribution is -2.15. The summed E-state index contributed by atoms with van der Waals surface area (Å²) >= 11 is 0. The molecule has 0 N–H and O–H groups in total. The zero-order chi connectivity index (χ0) is 32.8. The van der Waals surface area contributed by atoms with Gasteiger partial charge in [-0.2, -0.15) is 0 Å². The minimum atomic E-state index is 0.606. The molecular weight excluding hydrogens is 580 g/mol. The van der Waals surface area contributed by atoms with Gasteiger partial charge in [-0.1, -0.05) is 35.4 Å². The van der Waals surface area contributed by atoms with E-state index in [-0.39, 0.29) is 0 Å². The first-order chi connectivity index (χ1) is 22.3. The molecule has 0 aliphatic heterocycles. The third-order valence-corrected chi connectivity index (χ3v) is 7.78. The highest BCUT2D eigenvalue weighted by Gasteiger charge is 2.26. The molecule has 0 amide bonds. The maximum absolute atomic E-state index is 5.89. The molecule has 46 heavy (non-hydrogen) atoms. The van der Waals surface area contributed by atoms with Gasteiger partial charge in [0.1, 0.15) is 45.9 Å². The van der Waals surface area contributed by atoms with E-state index in [2.05, 4.69) is 96.4 Å². The second-order valence-corrected chi connectivity index (χ2v) is 10.6. The summed E-state index contributed by atoms with van der Waals surface area (Å²) in [5.74, 6) is 3.69. The summed E-state index contributed by atoms with van der Waals surface area (Å²) in [6.45, 7) is 4.14. The topological polar surface area (TPSA) is 61.9 Å². The molecule has 5 aromatic carbocycles. The van der Waals surface area contributed by atoms with Crippen molar-refractivity contribution in [1.29, 1.82) is 0 Å². The highest BCUT2D eigenvalue weighted by Crippen LogP contribution is 2.51. The second-order valence-electron chi connectivity index (χ2n) is 10.6. The van der Waals surface area contributed by atoms with Crippen molar-refractivity contribution in [2.24, 2.45) is 0 Å². The average Bonchev–Trinajstić information content (AvgIpc) is 3.10. The zero-order valence-electron chi connectivity index (χ0n) is 27.6. The van der Waals surface area contributed by atoms with E-state index >= 15 is 0 Å². The zero-order valence-corrected chi connectivity index (χ0v) is 27.6. The number of anilines is 6. The summed E-state index contributed by atoms with van der Waals surface area (Å²) in [5, 5.41) is 0. The molecule has 8 heteroatoms. The Morgan fingerprint density at radius 2 is 0.587 bits per heavy atom. The van der Waals surface area contributed by atoms with Gasteiger partial charge < -0.3 is 38.2 Å². The van der Waals surface area contributed by atoms with Crippen LogP contribution in [-0.4, -0.2) is 42.7 Å². The molecule has 0 aliphatic carbocycles. The Labute approximate surface area is 271 Å². The van der Waals surface area contributed by atoms with Gasteiger partial charge in [-0.3, -0.25) is 0 Å². The molecule has 0 fully saturated rings. The largest absolute Gasteiger partial charge is 0.496 e. The minimum absolute atomic E-state index is 0.606. The van der Waals surface area contributed by atoms with Gasteiger partial charge in [0, 0.05) is 47.0 Å². The molecular formula is C38H40N2O6. The normalized spacial score (nSPS) is 10.6. The Bertz CT molecular complexity index is 1590. The van der Waals surface area contributed by atoms with Crippen molar-refractivity contribution < 1.29 is 28.4 Å². The lowest BCUT2D eigenvalue weighted by atomic mass is 10.1. The number of nitrogens with zero attached hydrogens (tertiary/aromatic N) is 2. The van der Waals surface area contributed by atoms with E-state index in [0.717, 1.165) is 45.3 Å². The van der Waals surface area contributed by atoms with Crippen LogP contribution in [0.1, 0.15) is 11.1 Å². The van der Waals surface area contributed by atoms with Crippen molar-refractivity contribution >= 4 is 34.1 Å². The van der Waals surface area contributed by atoms with Gasteiger partial charge in [-0.15, -0.1) is 0 Å². The molecule has 0 aromatic heterocycles. The molecule has 0 spiro atoms. The summed E-state index contributed by atoms with van der Waals surface area (Å²) in [6.07, 6.45) is 0. The highest BCUT2D eigenvalue weighted by molar-refractivity contribution is 5.88. The Kier molecular flexibility index (Phi) is 9.76. The second kappa shape index (κ2) is 14.1. The van der Waals surface area contributed by atoms with Gasteiger partial charge in [0.2, 0.25) is 0 Å². The molecule has 8 nitrogen and oxygen atoms in total. The summed E-state index contributed by atoms with van der Waals surface area (Å²) < 4.78 is 34.6. The fourth-order valence-corrected chi connectivity index (χ4v) is 5.37. The Balaban J connectivity index is 1.71. The van der Waals surface area contributed by atoms with Crippen LogP contribution in [0, 0.1) is 13.8 Å². The summed E-state index contributed by atoms with van der Waals surface area (Å²) in [5.41, 5.74) is 7.47. The standard InChI is InChI=1S/C38H40N2O6/c1-25-9-13-27(14-10-25)39(37-33(43-5)21-31(41-3)22-34(37)44-6)29-17-19-30(20-18-29)40(28-15-11-26(2)12-16-28)38-35(45-7)23-32(42-4)24-36(38)46-8/h9-24H,1-8H3. The quantitative estimate of drug-likeness (QED) is 0.137. The average molecular weight is 621 g/mol. The van der Waals surface area contributed by atoms with Crippen LogP contribution in [0.15, 0.2) is 97.1 Å². The molecule has 0 atom stereocenters. The smallest absolute Gasteiger partial charge is 0.150 e. The van der Waals surface area contributed by atoms with Crippen molar-refractivity contribution in [1.82, 2.24) is 0 Å². The number of aryl methyl sites for hydroxylation is 2. The van der Waals surface area contributed by atoms with Crippen molar-refractivity contribution in [2.75, 3.05) is 52.5 Å². The maximum Gasteiger partial charge on any atom is 0.150 e. The van der Waals surface area contributed by atoms with Crippen molar-refractivity contribution in [3.8, 4) is 34.5 Å². The van der Waals surface area contributed by atoms with Gasteiger partial charge in [0.15, 0.2) is 0 Å². The highest BCUT2D eigenvalue weighted by atomic mass is 16.5. The predicted molar refractivity (Wildman–Crippen MR) is 185 cm³/mol. The molecule has 0 aliphatic rings. The lowest BCUT2D eigenvalue weighted by molar-refractivity contribution is 0.376. The SMILES string of the molecule is COc1cc(OC)c(N(c2ccc(C)cc2)c2ccc(N(c3ccc(C)cc3)c3c(OC)cc(OC)cc3OC)cc2)c(OC)c1. The minimum Gasteiger partial charge on any atom is -0.496 e. The number of rotatable bonds is 12. The van der Waals surface area contributed by atoms with Gasteiger partial charge in [-0.25, -0.2) is 0 Å². The molecule has 0 saturated heterocycles. The van der Waals surface area contributed by atoms with Crippen LogP contribution >= 0.6 is 0 Å². The van der Waals surface area contributed by atoms with Crippen LogP contribution in [-0.2, 0) is 0 Å². The number of hydrogen-bond acceptors (Lipinski definition) is 8. The van der Waals surface area contributed by atoms with E-state index in [1.807, 2.05) is 24.3 Å². The predicted octanol–water partition coefficient (Wildman–Crippen LogP) is 9.29. The number of hydrogen-bond donors (Lipinski definition) is 0. The molecule has 0 unspecified atom stereocenters. The molecule has 5 aromatic rings. The maximum atomic E-state index is 5.89. The van der Waals surface area contributed by atoms with Gasteiger partial charge in [-0.05, 0) is 62.4 Å². The summed E-state index contributed by atoms with van der Waals surface area (Å²) in [6, 6.07) is 32.4. The van der Waals surface area contributed by atoms with Crippen molar-refractivity contribution in [2.45, 2.75) is 13.8 Å². The third kappa shape index (κ3) is 6.33. The number of methoxy groups -OCH3 is 6. The Morgan fingerprint density at radius 1 is 0.348 bits per heavy atom. The van der Waals surface area contributed by atoms with E-state index in [9.17, 15) is 0 Å². The van der Waals surface area contributed by atoms with Gasteiger partial charge in [0.05, 0.1) is 42.7 Å². The van der Waals surface area contributed by atoms with Gasteiger partial charge in [0.25, 0.3) is 0 Å². The van der Waals surface area contributed by atoms with Gasteiger partial charge >= 0.3 is 0 Å². The van der Waals surface area contributed by atoms with E-state index in [4.69, 9.17) is 28.4 Å². The van der Waals surface area contributed by atoms with E-state index < -0.39 is 0 Å². The summed E-state index contributed by atoms with van der Waals surface area (Å²) in [4.78, 5) is 4.23. The molecule has 5 rings (SSSR count). The van der Waals surface area contributed by atoms with Crippen LogP contribution in [0.25, 0.3) is 0 Å². The van der Waals surface area contributed by atoms with Crippen LogP contribution < -0.4 is 38.2 Å². The van der Waals surface area contributed by atoms with Crippen molar-refractivity contribution in [3.63, 3.8) is 0 Å². The monoisotopic (exact) mass is 620 g/mol. The fourth-order valence-electron chi connectivity index (χ4n) is 5.37. The first-order valence-corrected chi connectivity index (χ1v) is 14.8. The number of benzene rings is 5. The van der Waals surface area contributed by atoms with E-state index in [1.54, 1.807) is 42.7 Å². The van der Waals surface area contributed by atoms with Crippen LogP contribution in [0.2, 0.25) is 0 Å². The molecule has 0 saturated carbocycles. The Hall–Kier alpha value is -5.50. The van der Waals surface area contributed by atoms with Crippen LogP contribution in [0.3, 0.4) is 0 Å². The van der Waals surface area contributed by atoms with Crippen LogP contribution in [0.4, 0.5) is 34.1 Å². The van der Waals surface area contributed by atoms with E-state index in [0.29, 0.717) is 34.5 Å². The third-order valence-electron chi connectivity index (χ3n) is 7.78. The molecule has 0 bridgehead atoms. The molecule has 0 heterocycles. The van der Waals surface area contributed by atoms with Crippen LogP contribution in [0.5, 0.6) is 34.5 Å². The van der Waals surface area contributed by atoms with Crippen molar-refractivity contribution in [3.05, 3.63) is 108 Å². The number of ether oxygens (including phenoxy) is 6. The molecule has 0 radical (unpaired) electrons. The first kappa shape index (κ1) is 31.9. The first-order valence-electron chi connectivity index (χ1n) is 14.8. The fraction of sp³-hybridized carbons (Fsp3) is 0.211.